The number of ether oxygens (including phenoxy) is 1. The van der Waals surface area contributed by atoms with Crippen molar-refractivity contribution in [3.8, 4) is 11.8 Å². The number of unbranched alkanes of at least 4 members (excludes halogenated alkanes) is 2. The topological polar surface area (TPSA) is 50.1 Å². The molecule has 0 spiro atoms. The monoisotopic (exact) mass is 389 g/mol. The van der Waals surface area contributed by atoms with E-state index in [0.29, 0.717) is 22.8 Å². The lowest BCUT2D eigenvalue weighted by Crippen LogP contribution is -2.12. The van der Waals surface area contributed by atoms with E-state index in [2.05, 4.69) is 32.0 Å². The highest BCUT2D eigenvalue weighted by molar-refractivity contribution is 5.91. The largest absolute Gasteiger partial charge is 0.422 e. The van der Waals surface area contributed by atoms with Crippen LogP contribution in [-0.2, 0) is 6.42 Å². The van der Waals surface area contributed by atoms with Gasteiger partial charge in [-0.15, -0.1) is 0 Å². The van der Waals surface area contributed by atoms with E-state index in [1.54, 1.807) is 6.07 Å². The summed E-state index contributed by atoms with van der Waals surface area (Å²) in [7, 11) is 0. The Morgan fingerprint density at radius 1 is 1.07 bits per heavy atom. The fourth-order valence-electron chi connectivity index (χ4n) is 4.13. The Bertz CT molecular complexity index is 855. The maximum absolute atomic E-state index is 12.6. The summed E-state index contributed by atoms with van der Waals surface area (Å²) in [5.74, 6) is 1.35. The third-order valence-corrected chi connectivity index (χ3v) is 6.07. The molecule has 2 aromatic rings. The van der Waals surface area contributed by atoms with Gasteiger partial charge in [-0.2, -0.15) is 5.26 Å². The first-order chi connectivity index (χ1) is 14.1. The van der Waals surface area contributed by atoms with Crippen molar-refractivity contribution >= 4 is 5.97 Å². The number of nitrogens with zero attached hydrogens (tertiary/aromatic N) is 1. The lowest BCUT2D eigenvalue weighted by atomic mass is 9.79. The van der Waals surface area contributed by atoms with Crippen molar-refractivity contribution in [3.05, 3.63) is 64.7 Å². The van der Waals surface area contributed by atoms with Crippen molar-refractivity contribution in [2.45, 2.75) is 71.1 Å². The molecule has 2 aromatic carbocycles. The number of nitriles is 1. The average molecular weight is 390 g/mol. The summed E-state index contributed by atoms with van der Waals surface area (Å²) in [4.78, 5) is 12.6. The molecule has 1 saturated carbocycles. The van der Waals surface area contributed by atoms with Crippen LogP contribution in [0.4, 0.5) is 0 Å². The smallest absolute Gasteiger partial charge is 0.343 e. The molecule has 0 amide bonds. The second kappa shape index (κ2) is 10.3. The van der Waals surface area contributed by atoms with Gasteiger partial charge in [-0.3, -0.25) is 0 Å². The summed E-state index contributed by atoms with van der Waals surface area (Å²) in [6.07, 6.45) is 9.39. The van der Waals surface area contributed by atoms with Crippen LogP contribution in [0.1, 0.15) is 91.8 Å². The summed E-state index contributed by atoms with van der Waals surface area (Å²) in [6, 6.07) is 15.5. The first-order valence-electron chi connectivity index (χ1n) is 11.0. The maximum Gasteiger partial charge on any atom is 0.343 e. The van der Waals surface area contributed by atoms with E-state index in [1.165, 1.54) is 44.1 Å². The van der Waals surface area contributed by atoms with Crippen molar-refractivity contribution in [2.24, 2.45) is 5.92 Å². The molecule has 1 aliphatic carbocycles. The number of hydrogen-bond acceptors (Lipinski definition) is 3. The average Bonchev–Trinajstić information content (AvgIpc) is 2.75. The van der Waals surface area contributed by atoms with Crippen molar-refractivity contribution in [1.29, 1.82) is 5.26 Å². The van der Waals surface area contributed by atoms with Crippen LogP contribution in [-0.4, -0.2) is 5.97 Å². The Morgan fingerprint density at radius 2 is 1.79 bits per heavy atom. The molecule has 152 valence electrons. The van der Waals surface area contributed by atoms with E-state index in [9.17, 15) is 10.1 Å². The van der Waals surface area contributed by atoms with Crippen molar-refractivity contribution in [3.63, 3.8) is 0 Å². The van der Waals surface area contributed by atoms with Gasteiger partial charge >= 0.3 is 5.97 Å². The van der Waals surface area contributed by atoms with Gasteiger partial charge in [0.1, 0.15) is 11.8 Å². The molecule has 3 heteroatoms. The molecule has 0 heterocycles. The van der Waals surface area contributed by atoms with Crippen molar-refractivity contribution in [2.75, 3.05) is 0 Å². The molecule has 0 radical (unpaired) electrons. The van der Waals surface area contributed by atoms with E-state index in [-0.39, 0.29) is 0 Å². The van der Waals surface area contributed by atoms with E-state index in [1.807, 2.05) is 24.3 Å². The van der Waals surface area contributed by atoms with E-state index in [0.717, 1.165) is 24.3 Å². The molecular formula is C26H31NO2. The van der Waals surface area contributed by atoms with E-state index < -0.39 is 5.97 Å². The first-order valence-corrected chi connectivity index (χ1v) is 11.0. The van der Waals surface area contributed by atoms with Gasteiger partial charge in [0.15, 0.2) is 0 Å². The predicted molar refractivity (Wildman–Crippen MR) is 116 cm³/mol. The fraction of sp³-hybridized carbons (Fsp3) is 0.462. The van der Waals surface area contributed by atoms with Crippen LogP contribution in [0.25, 0.3) is 0 Å². The minimum atomic E-state index is -0.413. The highest BCUT2D eigenvalue weighted by atomic mass is 16.5. The number of aryl methyl sites for hydroxylation is 1. The number of benzene rings is 2. The van der Waals surface area contributed by atoms with Gasteiger partial charge in [0.25, 0.3) is 0 Å². The second-order valence-electron chi connectivity index (χ2n) is 8.37. The maximum atomic E-state index is 12.6. The minimum absolute atomic E-state index is 0.335. The molecule has 3 nitrogen and oxygen atoms in total. The highest BCUT2D eigenvalue weighted by Crippen LogP contribution is 2.35. The number of hydrogen-bond donors (Lipinski definition) is 0. The molecule has 0 saturated heterocycles. The van der Waals surface area contributed by atoms with Crippen molar-refractivity contribution in [1.82, 2.24) is 0 Å². The lowest BCUT2D eigenvalue weighted by Gasteiger charge is -2.26. The third kappa shape index (κ3) is 5.70. The van der Waals surface area contributed by atoms with Gasteiger partial charge in [-0.05, 0) is 72.9 Å². The van der Waals surface area contributed by atoms with Crippen LogP contribution in [0, 0.1) is 17.2 Å². The lowest BCUT2D eigenvalue weighted by molar-refractivity contribution is 0.0734. The normalized spacial score (nSPS) is 18.8. The molecule has 0 N–H and O–H groups in total. The summed E-state index contributed by atoms with van der Waals surface area (Å²) in [5.41, 5.74) is 3.36. The Balaban J connectivity index is 1.64. The summed E-state index contributed by atoms with van der Waals surface area (Å²) in [5, 5.41) is 9.46. The summed E-state index contributed by atoms with van der Waals surface area (Å²) < 4.78 is 5.54. The SMILES string of the molecule is CCCCCc1ccc(OC(=O)c2ccc(C3CCC(C)CC3)cc2)c(C#N)c1. The van der Waals surface area contributed by atoms with Crippen LogP contribution >= 0.6 is 0 Å². The van der Waals surface area contributed by atoms with Gasteiger partial charge < -0.3 is 4.74 Å². The number of esters is 1. The Kier molecular flexibility index (Phi) is 7.47. The quantitative estimate of drug-likeness (QED) is 0.297. The Morgan fingerprint density at radius 3 is 2.45 bits per heavy atom. The number of carbonyl (C=O) groups excluding carboxylic acids is 1. The van der Waals surface area contributed by atoms with Gasteiger partial charge in [-0.1, -0.05) is 57.7 Å². The molecule has 0 bridgehead atoms. The zero-order chi connectivity index (χ0) is 20.6. The zero-order valence-corrected chi connectivity index (χ0v) is 17.6. The van der Waals surface area contributed by atoms with Gasteiger partial charge in [0, 0.05) is 0 Å². The third-order valence-electron chi connectivity index (χ3n) is 6.07. The van der Waals surface area contributed by atoms with Crippen LogP contribution in [0.3, 0.4) is 0 Å². The molecule has 0 atom stereocenters. The number of carbonyl (C=O) groups is 1. The highest BCUT2D eigenvalue weighted by Gasteiger charge is 2.20. The second-order valence-corrected chi connectivity index (χ2v) is 8.37. The molecular weight excluding hydrogens is 358 g/mol. The van der Waals surface area contributed by atoms with E-state index >= 15 is 0 Å². The molecule has 0 aliphatic heterocycles. The molecule has 0 aromatic heterocycles. The van der Waals surface area contributed by atoms with Crippen LogP contribution < -0.4 is 4.74 Å². The van der Waals surface area contributed by atoms with Gasteiger partial charge in [-0.25, -0.2) is 4.79 Å². The van der Waals surface area contributed by atoms with E-state index in [4.69, 9.17) is 4.74 Å². The molecule has 3 rings (SSSR count). The molecule has 1 fully saturated rings. The van der Waals surface area contributed by atoms with Crippen LogP contribution in [0.5, 0.6) is 5.75 Å². The van der Waals surface area contributed by atoms with Gasteiger partial charge in [0.05, 0.1) is 11.1 Å². The summed E-state index contributed by atoms with van der Waals surface area (Å²) in [6.45, 7) is 4.49. The minimum Gasteiger partial charge on any atom is -0.422 e. The Labute approximate surface area is 174 Å². The Hall–Kier alpha value is -2.60. The molecule has 1 aliphatic rings. The summed E-state index contributed by atoms with van der Waals surface area (Å²) >= 11 is 0. The fourth-order valence-corrected chi connectivity index (χ4v) is 4.13. The standard InChI is InChI=1S/C26H31NO2/c1-3-4-5-6-20-9-16-25(24(17-20)18-27)29-26(28)23-14-12-22(13-15-23)21-10-7-19(2)8-11-21/h9,12-17,19,21H,3-8,10-11H2,1-2H3. The van der Waals surface area contributed by atoms with Crippen LogP contribution in [0.15, 0.2) is 42.5 Å². The zero-order valence-electron chi connectivity index (χ0n) is 17.6. The molecule has 0 unspecified atom stereocenters. The molecule has 29 heavy (non-hydrogen) atoms. The van der Waals surface area contributed by atoms with Crippen LogP contribution in [0.2, 0.25) is 0 Å². The predicted octanol–water partition coefficient (Wildman–Crippen LogP) is 6.80. The first kappa shape index (κ1) is 21.1. The van der Waals surface area contributed by atoms with Gasteiger partial charge in [0.2, 0.25) is 0 Å². The number of rotatable bonds is 7. The van der Waals surface area contributed by atoms with Crippen molar-refractivity contribution < 1.29 is 9.53 Å².